The van der Waals surface area contributed by atoms with Gasteiger partial charge in [0.05, 0.1) is 26.3 Å². The summed E-state index contributed by atoms with van der Waals surface area (Å²) in [4.78, 5) is 24.7. The molecule has 23 heavy (non-hydrogen) atoms. The molecule has 0 atom stereocenters. The molecule has 1 aromatic heterocycles. The molecule has 0 saturated heterocycles. The third kappa shape index (κ3) is 3.24. The second-order valence-electron chi connectivity index (χ2n) is 4.88. The van der Waals surface area contributed by atoms with E-state index < -0.39 is 5.56 Å². The number of hydrogen-bond acceptors (Lipinski definition) is 5. The first kappa shape index (κ1) is 16.3. The fraction of sp³-hybridized carbons (Fsp3) is 0.235. The number of carbonyl (C=O) groups excluding carboxylic acids is 1. The zero-order chi connectivity index (χ0) is 17.0. The number of Topliss-reactive ketones (excluding diaryl/α,β-unsaturated/α-hetero) is 1. The lowest BCUT2D eigenvalue weighted by Crippen LogP contribution is -2.28. The van der Waals surface area contributed by atoms with Gasteiger partial charge in [-0.2, -0.15) is 5.26 Å². The van der Waals surface area contributed by atoms with Crippen LogP contribution in [0.2, 0.25) is 0 Å². The molecule has 0 aliphatic heterocycles. The summed E-state index contributed by atoms with van der Waals surface area (Å²) in [5.41, 5.74) is 0.482. The highest BCUT2D eigenvalue weighted by atomic mass is 16.5. The molecule has 0 aliphatic carbocycles. The fourth-order valence-corrected chi connectivity index (χ4v) is 2.21. The van der Waals surface area contributed by atoms with Crippen molar-refractivity contribution >= 4 is 5.78 Å². The van der Waals surface area contributed by atoms with Gasteiger partial charge >= 0.3 is 0 Å². The van der Waals surface area contributed by atoms with Crippen LogP contribution in [0.25, 0.3) is 0 Å². The summed E-state index contributed by atoms with van der Waals surface area (Å²) in [6, 6.07) is 9.76. The van der Waals surface area contributed by atoms with Crippen LogP contribution in [0.3, 0.4) is 0 Å². The lowest BCUT2D eigenvalue weighted by atomic mass is 10.1. The Kier molecular flexibility index (Phi) is 4.82. The Labute approximate surface area is 133 Å². The Balaban J connectivity index is 2.41. The van der Waals surface area contributed by atoms with Crippen LogP contribution in [0, 0.1) is 18.3 Å². The summed E-state index contributed by atoms with van der Waals surface area (Å²) < 4.78 is 11.6. The molecule has 0 unspecified atom stereocenters. The average molecular weight is 312 g/mol. The van der Waals surface area contributed by atoms with E-state index in [0.717, 1.165) is 0 Å². The quantitative estimate of drug-likeness (QED) is 0.788. The summed E-state index contributed by atoms with van der Waals surface area (Å²) in [7, 11) is 2.98. The number of carbonyl (C=O) groups is 1. The van der Waals surface area contributed by atoms with E-state index in [1.54, 1.807) is 31.2 Å². The van der Waals surface area contributed by atoms with Gasteiger partial charge in [-0.05, 0) is 31.2 Å². The number of ketones is 1. The predicted molar refractivity (Wildman–Crippen MR) is 84.0 cm³/mol. The van der Waals surface area contributed by atoms with Crippen molar-refractivity contribution < 1.29 is 14.3 Å². The van der Waals surface area contributed by atoms with Crippen LogP contribution in [-0.4, -0.2) is 24.6 Å². The van der Waals surface area contributed by atoms with E-state index in [4.69, 9.17) is 14.7 Å². The topological polar surface area (TPSA) is 81.3 Å². The number of aryl methyl sites for hydroxylation is 1. The second kappa shape index (κ2) is 6.79. The lowest BCUT2D eigenvalue weighted by Gasteiger charge is -2.12. The summed E-state index contributed by atoms with van der Waals surface area (Å²) in [5, 5.41) is 8.94. The lowest BCUT2D eigenvalue weighted by molar-refractivity contribution is 0.0967. The highest BCUT2D eigenvalue weighted by Crippen LogP contribution is 2.25. The molecule has 0 bridgehead atoms. The fourth-order valence-electron chi connectivity index (χ4n) is 2.21. The molecule has 2 rings (SSSR count). The van der Waals surface area contributed by atoms with Gasteiger partial charge in [-0.15, -0.1) is 0 Å². The minimum atomic E-state index is -0.478. The van der Waals surface area contributed by atoms with Crippen molar-refractivity contribution in [3.8, 4) is 17.6 Å². The Bertz CT molecular complexity index is 847. The maximum Gasteiger partial charge on any atom is 0.269 e. The largest absolute Gasteiger partial charge is 0.497 e. The second-order valence-corrected chi connectivity index (χ2v) is 4.88. The normalized spacial score (nSPS) is 10.0. The van der Waals surface area contributed by atoms with E-state index in [1.165, 1.54) is 24.9 Å². The highest BCUT2D eigenvalue weighted by Gasteiger charge is 2.16. The number of hydrogen-bond donors (Lipinski definition) is 0. The van der Waals surface area contributed by atoms with Gasteiger partial charge in [-0.3, -0.25) is 9.59 Å². The molecule has 6 heteroatoms. The van der Waals surface area contributed by atoms with E-state index in [1.807, 2.05) is 6.07 Å². The van der Waals surface area contributed by atoms with Gasteiger partial charge in [-0.1, -0.05) is 0 Å². The summed E-state index contributed by atoms with van der Waals surface area (Å²) >= 11 is 0. The SMILES string of the molecule is COc1ccc(C(=O)Cn2c(C)ccc(C#N)c2=O)c(OC)c1. The molecule has 0 aliphatic rings. The first-order chi connectivity index (χ1) is 11.0. The molecular formula is C17H16N2O4. The Morgan fingerprint density at radius 1 is 1.22 bits per heavy atom. The third-order valence-electron chi connectivity index (χ3n) is 3.52. The van der Waals surface area contributed by atoms with Crippen molar-refractivity contribution in [2.45, 2.75) is 13.5 Å². The van der Waals surface area contributed by atoms with Crippen molar-refractivity contribution in [1.29, 1.82) is 5.26 Å². The first-order valence-electron chi connectivity index (χ1n) is 6.87. The van der Waals surface area contributed by atoms with Crippen LogP contribution in [0.15, 0.2) is 35.1 Å². The Morgan fingerprint density at radius 2 is 1.96 bits per heavy atom. The van der Waals surface area contributed by atoms with Crippen molar-refractivity contribution in [2.24, 2.45) is 0 Å². The molecule has 0 amide bonds. The molecule has 2 aromatic rings. The van der Waals surface area contributed by atoms with Crippen LogP contribution in [0.5, 0.6) is 11.5 Å². The number of nitriles is 1. The molecule has 1 heterocycles. The standard InChI is InChI=1S/C17H16N2O4/c1-11-4-5-12(9-18)17(21)19(11)10-15(20)14-7-6-13(22-2)8-16(14)23-3/h4-8H,10H2,1-3H3. The van der Waals surface area contributed by atoms with Crippen molar-refractivity contribution in [3.63, 3.8) is 0 Å². The zero-order valence-corrected chi connectivity index (χ0v) is 13.1. The van der Waals surface area contributed by atoms with Crippen LogP contribution in [0.1, 0.15) is 21.6 Å². The van der Waals surface area contributed by atoms with Gasteiger partial charge in [0, 0.05) is 11.8 Å². The minimum absolute atomic E-state index is 0.00472. The molecule has 0 spiro atoms. The number of benzene rings is 1. The molecule has 0 fully saturated rings. The maximum atomic E-state index is 12.5. The monoisotopic (exact) mass is 312 g/mol. The zero-order valence-electron chi connectivity index (χ0n) is 13.1. The molecular weight excluding hydrogens is 296 g/mol. The molecule has 0 N–H and O–H groups in total. The number of pyridine rings is 1. The van der Waals surface area contributed by atoms with Crippen molar-refractivity contribution in [3.05, 3.63) is 57.5 Å². The van der Waals surface area contributed by atoms with Crippen LogP contribution >= 0.6 is 0 Å². The molecule has 0 saturated carbocycles. The molecule has 0 radical (unpaired) electrons. The highest BCUT2D eigenvalue weighted by molar-refractivity contribution is 5.98. The van der Waals surface area contributed by atoms with E-state index in [0.29, 0.717) is 22.8 Å². The minimum Gasteiger partial charge on any atom is -0.497 e. The average Bonchev–Trinajstić information content (AvgIpc) is 2.57. The number of nitrogens with zero attached hydrogens (tertiary/aromatic N) is 2. The van der Waals surface area contributed by atoms with Crippen LogP contribution < -0.4 is 15.0 Å². The van der Waals surface area contributed by atoms with Gasteiger partial charge in [0.2, 0.25) is 0 Å². The summed E-state index contributed by atoms with van der Waals surface area (Å²) in [5.74, 6) is 0.652. The number of ether oxygens (including phenoxy) is 2. The first-order valence-corrected chi connectivity index (χ1v) is 6.87. The number of rotatable bonds is 5. The van der Waals surface area contributed by atoms with Gasteiger partial charge in [0.25, 0.3) is 5.56 Å². The summed E-state index contributed by atoms with van der Waals surface area (Å²) in [6.07, 6.45) is 0. The molecule has 6 nitrogen and oxygen atoms in total. The van der Waals surface area contributed by atoms with Gasteiger partial charge < -0.3 is 14.0 Å². The van der Waals surface area contributed by atoms with Crippen LogP contribution in [0.4, 0.5) is 0 Å². The van der Waals surface area contributed by atoms with Gasteiger partial charge in [0.1, 0.15) is 23.1 Å². The van der Waals surface area contributed by atoms with E-state index in [-0.39, 0.29) is 17.9 Å². The predicted octanol–water partition coefficient (Wildman–Crippen LogP) is 1.93. The maximum absolute atomic E-state index is 12.5. The smallest absolute Gasteiger partial charge is 0.269 e. The van der Waals surface area contributed by atoms with Crippen molar-refractivity contribution in [2.75, 3.05) is 14.2 Å². The third-order valence-corrected chi connectivity index (χ3v) is 3.52. The van der Waals surface area contributed by atoms with Crippen LogP contribution in [-0.2, 0) is 6.54 Å². The number of methoxy groups -OCH3 is 2. The van der Waals surface area contributed by atoms with Crippen molar-refractivity contribution in [1.82, 2.24) is 4.57 Å². The van der Waals surface area contributed by atoms with E-state index in [2.05, 4.69) is 0 Å². The summed E-state index contributed by atoms with van der Waals surface area (Å²) in [6.45, 7) is 1.55. The van der Waals surface area contributed by atoms with Gasteiger partial charge in [-0.25, -0.2) is 0 Å². The van der Waals surface area contributed by atoms with E-state index >= 15 is 0 Å². The molecule has 118 valence electrons. The molecule has 1 aromatic carbocycles. The number of aromatic nitrogens is 1. The van der Waals surface area contributed by atoms with E-state index in [9.17, 15) is 9.59 Å². The Hall–Kier alpha value is -3.07. The Morgan fingerprint density at radius 3 is 2.57 bits per heavy atom. The van der Waals surface area contributed by atoms with Gasteiger partial charge in [0.15, 0.2) is 5.78 Å².